The molecule has 1 heterocycles. The van der Waals surface area contributed by atoms with Crippen molar-refractivity contribution in [2.75, 3.05) is 6.26 Å². The molecule has 0 saturated carbocycles. The fraction of sp³-hybridized carbons (Fsp3) is 0.190. The van der Waals surface area contributed by atoms with Gasteiger partial charge >= 0.3 is 0 Å². The van der Waals surface area contributed by atoms with Gasteiger partial charge in [-0.3, -0.25) is 4.79 Å². The minimum Gasteiger partial charge on any atom is -0.507 e. The zero-order valence-electron chi connectivity index (χ0n) is 14.7. The molecule has 0 bridgehead atoms. The predicted molar refractivity (Wildman–Crippen MR) is 104 cm³/mol. The first-order valence-corrected chi connectivity index (χ1v) is 9.23. The van der Waals surface area contributed by atoms with E-state index < -0.39 is 0 Å². The maximum absolute atomic E-state index is 12.7. The molecule has 3 rings (SSSR count). The van der Waals surface area contributed by atoms with E-state index in [2.05, 4.69) is 0 Å². The van der Waals surface area contributed by atoms with E-state index in [4.69, 9.17) is 4.42 Å². The number of fused-ring (bicyclic) bond motifs is 1. The summed E-state index contributed by atoms with van der Waals surface area (Å²) in [7, 11) is 0. The second-order valence-electron chi connectivity index (χ2n) is 6.12. The first-order valence-electron chi connectivity index (χ1n) is 8.00. The van der Waals surface area contributed by atoms with Crippen LogP contribution in [0.15, 0.2) is 45.7 Å². The van der Waals surface area contributed by atoms with Crippen molar-refractivity contribution >= 4 is 34.6 Å². The van der Waals surface area contributed by atoms with Gasteiger partial charge < -0.3 is 9.52 Å². The van der Waals surface area contributed by atoms with E-state index in [1.807, 2.05) is 57.4 Å². The number of carbonyl (C=O) groups is 1. The molecule has 0 atom stereocenters. The first-order chi connectivity index (χ1) is 11.9. The zero-order chi connectivity index (χ0) is 18.1. The maximum atomic E-state index is 12.7. The number of rotatable bonds is 4. The Bertz CT molecular complexity index is 973. The average molecular weight is 352 g/mol. The summed E-state index contributed by atoms with van der Waals surface area (Å²) in [4.78, 5) is 13.8. The Kier molecular flexibility index (Phi) is 4.73. The van der Waals surface area contributed by atoms with Crippen LogP contribution in [-0.4, -0.2) is 17.1 Å². The van der Waals surface area contributed by atoms with Gasteiger partial charge in [0.1, 0.15) is 17.1 Å². The number of benzene rings is 2. The number of aromatic hydroxyl groups is 1. The molecule has 2 aromatic carbocycles. The van der Waals surface area contributed by atoms with Gasteiger partial charge in [-0.25, -0.2) is 0 Å². The summed E-state index contributed by atoms with van der Waals surface area (Å²) in [5, 5.41) is 10.8. The molecule has 0 radical (unpaired) electrons. The topological polar surface area (TPSA) is 50.4 Å². The molecule has 1 N–H and O–H groups in total. The third-order valence-corrected chi connectivity index (χ3v) is 4.99. The summed E-state index contributed by atoms with van der Waals surface area (Å²) < 4.78 is 5.77. The lowest BCUT2D eigenvalue weighted by Gasteiger charge is -2.05. The third-order valence-electron chi connectivity index (χ3n) is 4.19. The van der Waals surface area contributed by atoms with E-state index in [9.17, 15) is 9.90 Å². The number of thioether (sulfide) groups is 1. The predicted octanol–water partition coefficient (Wildman–Crippen LogP) is 5.68. The number of carbonyl (C=O) groups excluding carboxylic acids is 1. The van der Waals surface area contributed by atoms with Crippen LogP contribution in [0.1, 0.15) is 32.8 Å². The van der Waals surface area contributed by atoms with Crippen LogP contribution in [0.3, 0.4) is 0 Å². The standard InChI is InChI=1S/C21H20O3S/c1-12-9-15(10-13(2)20(12)23)5-7-18(22)16-6-8-19(25-4)17-11-14(3)24-21(16)17/h5-11,23H,1-4H3/b7-5+. The highest BCUT2D eigenvalue weighted by molar-refractivity contribution is 7.98. The van der Waals surface area contributed by atoms with Crippen LogP contribution in [0.2, 0.25) is 0 Å². The summed E-state index contributed by atoms with van der Waals surface area (Å²) in [5.74, 6) is 0.985. The van der Waals surface area contributed by atoms with Crippen molar-refractivity contribution in [3.8, 4) is 5.75 Å². The van der Waals surface area contributed by atoms with E-state index in [-0.39, 0.29) is 5.78 Å². The first kappa shape index (κ1) is 17.4. The fourth-order valence-electron chi connectivity index (χ4n) is 2.94. The highest BCUT2D eigenvalue weighted by atomic mass is 32.2. The summed E-state index contributed by atoms with van der Waals surface area (Å²) in [6.45, 7) is 5.58. The van der Waals surface area contributed by atoms with E-state index >= 15 is 0 Å². The smallest absolute Gasteiger partial charge is 0.189 e. The van der Waals surface area contributed by atoms with E-state index in [1.54, 1.807) is 23.9 Å². The molecule has 0 spiro atoms. The molecule has 0 aliphatic rings. The molecule has 0 aliphatic heterocycles. The Morgan fingerprint density at radius 3 is 2.44 bits per heavy atom. The number of hydrogen-bond acceptors (Lipinski definition) is 4. The molecule has 0 amide bonds. The maximum Gasteiger partial charge on any atom is 0.189 e. The summed E-state index contributed by atoms with van der Waals surface area (Å²) in [6.07, 6.45) is 5.33. The summed E-state index contributed by atoms with van der Waals surface area (Å²) in [5.41, 5.74) is 3.66. The van der Waals surface area contributed by atoms with Gasteiger partial charge in [-0.2, -0.15) is 0 Å². The summed E-state index contributed by atoms with van der Waals surface area (Å²) in [6, 6.07) is 9.45. The van der Waals surface area contributed by atoms with Gasteiger partial charge in [0.05, 0.1) is 5.56 Å². The van der Waals surface area contributed by atoms with Crippen LogP contribution in [0.25, 0.3) is 17.0 Å². The largest absolute Gasteiger partial charge is 0.507 e. The zero-order valence-corrected chi connectivity index (χ0v) is 15.5. The summed E-state index contributed by atoms with van der Waals surface area (Å²) >= 11 is 1.63. The number of aryl methyl sites for hydroxylation is 3. The van der Waals surface area contributed by atoms with Crippen molar-refractivity contribution in [3.05, 3.63) is 64.4 Å². The molecule has 0 saturated heterocycles. The van der Waals surface area contributed by atoms with Crippen molar-refractivity contribution in [2.45, 2.75) is 25.7 Å². The van der Waals surface area contributed by atoms with Crippen molar-refractivity contribution < 1.29 is 14.3 Å². The van der Waals surface area contributed by atoms with Crippen LogP contribution in [0, 0.1) is 20.8 Å². The molecule has 25 heavy (non-hydrogen) atoms. The third kappa shape index (κ3) is 3.35. The fourth-order valence-corrected chi connectivity index (χ4v) is 3.52. The van der Waals surface area contributed by atoms with Crippen LogP contribution in [-0.2, 0) is 0 Å². The van der Waals surface area contributed by atoms with Gasteiger partial charge in [-0.15, -0.1) is 11.8 Å². The number of ketones is 1. The molecule has 3 aromatic rings. The lowest BCUT2D eigenvalue weighted by molar-refractivity contribution is 0.104. The normalized spacial score (nSPS) is 11.5. The Morgan fingerprint density at radius 2 is 1.80 bits per heavy atom. The van der Waals surface area contributed by atoms with Crippen molar-refractivity contribution in [1.82, 2.24) is 0 Å². The van der Waals surface area contributed by atoms with Crippen LogP contribution >= 0.6 is 11.8 Å². The number of furan rings is 1. The minimum absolute atomic E-state index is 0.101. The second kappa shape index (κ2) is 6.81. The van der Waals surface area contributed by atoms with Crippen LogP contribution in [0.4, 0.5) is 0 Å². The molecule has 0 aliphatic carbocycles. The minimum atomic E-state index is -0.101. The van der Waals surface area contributed by atoms with Gasteiger partial charge in [0.25, 0.3) is 0 Å². The van der Waals surface area contributed by atoms with Crippen LogP contribution < -0.4 is 0 Å². The van der Waals surface area contributed by atoms with Gasteiger partial charge in [0.15, 0.2) is 5.78 Å². The average Bonchev–Trinajstić information content (AvgIpc) is 2.97. The van der Waals surface area contributed by atoms with Gasteiger partial charge in [-0.1, -0.05) is 6.08 Å². The Balaban J connectivity index is 1.98. The van der Waals surface area contributed by atoms with Crippen molar-refractivity contribution in [2.24, 2.45) is 0 Å². The molecule has 128 valence electrons. The molecule has 0 fully saturated rings. The SMILES string of the molecule is CSc1ccc(C(=O)/C=C/c2cc(C)c(O)c(C)c2)c2oc(C)cc12. The molecule has 4 heteroatoms. The van der Waals surface area contributed by atoms with Gasteiger partial charge in [0, 0.05) is 10.3 Å². The van der Waals surface area contributed by atoms with E-state index in [0.717, 1.165) is 32.7 Å². The molecule has 3 nitrogen and oxygen atoms in total. The molecule has 0 unspecified atom stereocenters. The quantitative estimate of drug-likeness (QED) is 0.373. The molecular formula is C21H20O3S. The Labute approximate surface area is 151 Å². The number of phenols is 1. The van der Waals surface area contributed by atoms with E-state index in [0.29, 0.717) is 16.9 Å². The number of allylic oxidation sites excluding steroid dienone is 1. The van der Waals surface area contributed by atoms with Crippen molar-refractivity contribution in [1.29, 1.82) is 0 Å². The highest BCUT2D eigenvalue weighted by Gasteiger charge is 2.14. The molecule has 1 aromatic heterocycles. The van der Waals surface area contributed by atoms with Gasteiger partial charge in [-0.05, 0) is 80.1 Å². The second-order valence-corrected chi connectivity index (χ2v) is 6.96. The number of hydrogen-bond donors (Lipinski definition) is 1. The number of phenolic OH excluding ortho intramolecular Hbond substituents is 1. The van der Waals surface area contributed by atoms with Crippen LogP contribution in [0.5, 0.6) is 5.75 Å². The monoisotopic (exact) mass is 352 g/mol. The Morgan fingerprint density at radius 1 is 1.12 bits per heavy atom. The van der Waals surface area contributed by atoms with Crippen molar-refractivity contribution in [3.63, 3.8) is 0 Å². The lowest BCUT2D eigenvalue weighted by Crippen LogP contribution is -1.95. The lowest BCUT2D eigenvalue weighted by atomic mass is 10.0. The Hall–Kier alpha value is -2.46. The molecular weight excluding hydrogens is 332 g/mol. The van der Waals surface area contributed by atoms with E-state index in [1.165, 1.54) is 0 Å². The van der Waals surface area contributed by atoms with Gasteiger partial charge in [0.2, 0.25) is 0 Å². The highest BCUT2D eigenvalue weighted by Crippen LogP contribution is 2.32.